The number of carbonyl (C=O) groups is 1. The van der Waals surface area contributed by atoms with Gasteiger partial charge in [0.05, 0.1) is 5.56 Å². The molecule has 0 aliphatic carbocycles. The van der Waals surface area contributed by atoms with Crippen molar-refractivity contribution >= 4 is 5.97 Å². The molecule has 0 saturated carbocycles. The van der Waals surface area contributed by atoms with E-state index in [2.05, 4.69) is 0 Å². The second kappa shape index (κ2) is 7.79. The van der Waals surface area contributed by atoms with Gasteiger partial charge in [-0.1, -0.05) is 0 Å². The van der Waals surface area contributed by atoms with Gasteiger partial charge in [-0.15, -0.1) is 0 Å². The molecule has 3 aromatic carbocycles. The van der Waals surface area contributed by atoms with Gasteiger partial charge in [-0.3, -0.25) is 0 Å². The number of aromatic hydroxyl groups is 8. The molecule has 172 valence electrons. The van der Waals surface area contributed by atoms with Crippen molar-refractivity contribution in [3.8, 4) is 51.7 Å². The Hall–Kier alpha value is -4.67. The number of fused-ring (bicyclic) bond motifs is 1. The molecule has 11 heteroatoms. The summed E-state index contributed by atoms with van der Waals surface area (Å²) in [5, 5.41) is 78.2. The normalized spacial score (nSPS) is 17.1. The highest BCUT2D eigenvalue weighted by atomic mass is 16.7. The quantitative estimate of drug-likeness (QED) is 0.162. The second-order valence-electron chi connectivity index (χ2n) is 7.40. The summed E-state index contributed by atoms with van der Waals surface area (Å²) in [5.41, 5.74) is -0.0189. The predicted molar refractivity (Wildman–Crippen MR) is 109 cm³/mol. The number of esters is 1. The number of carbonyl (C=O) groups excluding carboxylic acids is 1. The first-order valence-corrected chi connectivity index (χ1v) is 9.47. The van der Waals surface area contributed by atoms with E-state index in [1.54, 1.807) is 0 Å². The molecule has 0 unspecified atom stereocenters. The van der Waals surface area contributed by atoms with Crippen molar-refractivity contribution in [3.63, 3.8) is 0 Å². The van der Waals surface area contributed by atoms with Crippen LogP contribution in [0.15, 0.2) is 36.4 Å². The highest BCUT2D eigenvalue weighted by Gasteiger charge is 2.37. The third-order valence-corrected chi connectivity index (χ3v) is 5.15. The fourth-order valence-electron chi connectivity index (χ4n) is 3.55. The molecule has 1 heterocycles. The van der Waals surface area contributed by atoms with E-state index < -0.39 is 52.7 Å². The van der Waals surface area contributed by atoms with Crippen molar-refractivity contribution in [3.05, 3.63) is 53.1 Å². The molecule has 11 nitrogen and oxygen atoms in total. The van der Waals surface area contributed by atoms with Crippen LogP contribution in [0.3, 0.4) is 0 Å². The average molecular weight is 461 g/mol. The van der Waals surface area contributed by atoms with Gasteiger partial charge in [-0.25, -0.2) is 4.79 Å². The van der Waals surface area contributed by atoms with Gasteiger partial charge in [0, 0.05) is 29.7 Å². The van der Waals surface area contributed by atoms with Crippen LogP contribution in [-0.2, 0) is 11.2 Å². The van der Waals surface area contributed by atoms with Gasteiger partial charge >= 0.3 is 5.97 Å². The van der Waals surface area contributed by atoms with Crippen LogP contribution in [0, 0.1) is 0 Å². The molecule has 1 aliphatic rings. The summed E-state index contributed by atoms with van der Waals surface area (Å²) in [6.45, 7) is 0. The lowest BCUT2D eigenvalue weighted by Crippen LogP contribution is -2.34. The molecular weight excluding hydrogens is 443 g/mol. The lowest BCUT2D eigenvalue weighted by molar-refractivity contribution is -0.0189. The standard InChI is InChI=1S/C22H18O11/c23-10-5-12(24)11-7-18(33-22(31)9-3-15(27)20(30)16(28)4-9)21(32-17(11)6-10)8-1-13(25)19(29)14(26)2-8/h1-6,18,21,23-30H,7H2/t18-,21-/m0/s1/i7+1,18+1,21+1. The van der Waals surface area contributed by atoms with E-state index in [1.807, 2.05) is 0 Å². The summed E-state index contributed by atoms with van der Waals surface area (Å²) in [6.07, 6.45) is -2.49. The fraction of sp³-hybridized carbons (Fsp3) is 0.136. The van der Waals surface area contributed by atoms with Gasteiger partial charge in [-0.2, -0.15) is 0 Å². The summed E-state index contributed by atoms with van der Waals surface area (Å²) in [4.78, 5) is 12.7. The summed E-state index contributed by atoms with van der Waals surface area (Å²) in [6, 6.07) is 6.18. The minimum absolute atomic E-state index is 0.0526. The molecule has 0 spiro atoms. The number of benzene rings is 3. The molecular formula is C22H18O11. The van der Waals surface area contributed by atoms with Gasteiger partial charge in [0.15, 0.2) is 40.6 Å². The van der Waals surface area contributed by atoms with Crippen molar-refractivity contribution in [2.24, 2.45) is 0 Å². The molecule has 0 amide bonds. The molecule has 2 atom stereocenters. The molecule has 8 N–H and O–H groups in total. The summed E-state index contributed by atoms with van der Waals surface area (Å²) in [5.74, 6) is -6.06. The minimum atomic E-state index is -1.18. The van der Waals surface area contributed by atoms with E-state index in [4.69, 9.17) is 9.47 Å². The van der Waals surface area contributed by atoms with E-state index in [-0.39, 0.29) is 40.4 Å². The Morgan fingerprint density at radius 1 is 0.758 bits per heavy atom. The summed E-state index contributed by atoms with van der Waals surface area (Å²) < 4.78 is 11.3. The van der Waals surface area contributed by atoms with E-state index >= 15 is 0 Å². The fourth-order valence-corrected chi connectivity index (χ4v) is 3.55. The average Bonchev–Trinajstić information content (AvgIpc) is 2.75. The Morgan fingerprint density at radius 2 is 1.30 bits per heavy atom. The van der Waals surface area contributed by atoms with Crippen LogP contribution in [0.2, 0.25) is 0 Å². The van der Waals surface area contributed by atoms with Crippen molar-refractivity contribution in [2.75, 3.05) is 0 Å². The molecule has 0 aromatic heterocycles. The topological polar surface area (TPSA) is 197 Å². The van der Waals surface area contributed by atoms with E-state index in [0.717, 1.165) is 30.3 Å². The maximum atomic E-state index is 12.7. The maximum Gasteiger partial charge on any atom is 0.338 e. The van der Waals surface area contributed by atoms with Crippen LogP contribution in [0.25, 0.3) is 0 Å². The number of hydrogen-bond donors (Lipinski definition) is 8. The van der Waals surface area contributed by atoms with Crippen molar-refractivity contribution in [1.82, 2.24) is 0 Å². The largest absolute Gasteiger partial charge is 0.508 e. The molecule has 1 aliphatic heterocycles. The first-order chi connectivity index (χ1) is 15.5. The highest BCUT2D eigenvalue weighted by Crippen LogP contribution is 2.46. The Morgan fingerprint density at radius 3 is 1.88 bits per heavy atom. The molecule has 33 heavy (non-hydrogen) atoms. The Labute approximate surface area is 185 Å². The predicted octanol–water partition coefficient (Wildman–Crippen LogP) is 2.23. The van der Waals surface area contributed by atoms with Gasteiger partial charge in [0.25, 0.3) is 0 Å². The lowest BCUT2D eigenvalue weighted by Gasteiger charge is -2.34. The second-order valence-corrected chi connectivity index (χ2v) is 7.40. The van der Waals surface area contributed by atoms with Crippen LogP contribution in [0.5, 0.6) is 51.7 Å². The zero-order valence-electron chi connectivity index (χ0n) is 16.6. The zero-order valence-corrected chi connectivity index (χ0v) is 16.6. The van der Waals surface area contributed by atoms with Crippen LogP contribution in [0.4, 0.5) is 0 Å². The summed E-state index contributed by atoms with van der Waals surface area (Å²) in [7, 11) is 0. The molecule has 0 radical (unpaired) electrons. The first-order valence-electron chi connectivity index (χ1n) is 9.47. The van der Waals surface area contributed by atoms with Crippen molar-refractivity contribution in [1.29, 1.82) is 0 Å². The van der Waals surface area contributed by atoms with Gasteiger partial charge in [0.1, 0.15) is 23.4 Å². The third-order valence-electron chi connectivity index (χ3n) is 5.15. The van der Waals surface area contributed by atoms with E-state index in [0.29, 0.717) is 0 Å². The van der Waals surface area contributed by atoms with E-state index in [9.17, 15) is 45.6 Å². The van der Waals surface area contributed by atoms with Crippen LogP contribution >= 0.6 is 0 Å². The number of hydrogen-bond acceptors (Lipinski definition) is 11. The highest BCUT2D eigenvalue weighted by molar-refractivity contribution is 5.91. The maximum absolute atomic E-state index is 12.7. The lowest BCUT2D eigenvalue weighted by atomic mass is 10.2. The Bertz CT molecular complexity index is 1220. The van der Waals surface area contributed by atoms with Crippen molar-refractivity contribution in [2.45, 2.75) is 18.6 Å². The molecule has 0 fully saturated rings. The number of phenolic OH excluding ortho intramolecular Hbond substituents is 8. The van der Waals surface area contributed by atoms with Crippen LogP contribution in [-0.4, -0.2) is 52.9 Å². The van der Waals surface area contributed by atoms with Crippen LogP contribution in [0.1, 0.15) is 27.6 Å². The molecule has 3 aromatic rings. The van der Waals surface area contributed by atoms with Crippen molar-refractivity contribution < 1.29 is 55.1 Å². The number of ether oxygens (including phenoxy) is 2. The smallest absolute Gasteiger partial charge is 0.338 e. The number of phenols is 8. The van der Waals surface area contributed by atoms with Gasteiger partial charge in [-0.05, 0) is 24.3 Å². The SMILES string of the molecule is O=C(O[13C@H]1[13CH2]c2c(O)cc(O)cc2O[13C@H]1c1cc(O)c(O)c(O)c1)c1cc(O)c(O)c(O)c1. The first kappa shape index (κ1) is 21.6. The Balaban J connectivity index is 1.75. The van der Waals surface area contributed by atoms with Gasteiger partial charge < -0.3 is 50.3 Å². The van der Waals surface area contributed by atoms with Gasteiger partial charge in [0.2, 0.25) is 0 Å². The summed E-state index contributed by atoms with van der Waals surface area (Å²) >= 11 is 0. The Kier molecular flexibility index (Phi) is 5.09. The zero-order chi connectivity index (χ0) is 24.0. The third kappa shape index (κ3) is 3.87. The minimum Gasteiger partial charge on any atom is -0.508 e. The molecule has 4 rings (SSSR count). The van der Waals surface area contributed by atoms with E-state index in [1.165, 1.54) is 6.07 Å². The monoisotopic (exact) mass is 461 g/mol. The van der Waals surface area contributed by atoms with Crippen LogP contribution < -0.4 is 4.74 Å². The molecule has 0 saturated heterocycles. The molecule has 0 bridgehead atoms. The number of rotatable bonds is 3.